The Balaban J connectivity index is 1.58. The highest BCUT2D eigenvalue weighted by molar-refractivity contribution is 5.45. The molecular weight excluding hydrogens is 308 g/mol. The van der Waals surface area contributed by atoms with E-state index in [2.05, 4.69) is 52.1 Å². The second kappa shape index (κ2) is 6.35. The second-order valence-corrected chi connectivity index (χ2v) is 7.12. The van der Waals surface area contributed by atoms with Gasteiger partial charge in [0.15, 0.2) is 11.6 Å². The molecule has 130 valence electrons. The number of ether oxygens (including phenoxy) is 1. The number of aromatic nitrogens is 4. The zero-order chi connectivity index (χ0) is 17.3. The molecule has 0 aliphatic carbocycles. The molecule has 0 bridgehead atoms. The Labute approximate surface area is 141 Å². The molecule has 24 heavy (non-hydrogen) atoms. The van der Waals surface area contributed by atoms with Crippen molar-refractivity contribution in [2.45, 2.75) is 38.8 Å². The topological polar surface area (TPSA) is 80.4 Å². The van der Waals surface area contributed by atoms with Crippen LogP contribution in [0.5, 0.6) is 0 Å². The summed E-state index contributed by atoms with van der Waals surface area (Å²) in [6.07, 6.45) is 0. The fourth-order valence-electron chi connectivity index (χ4n) is 2.51. The van der Waals surface area contributed by atoms with Gasteiger partial charge in [-0.25, -0.2) is 0 Å². The van der Waals surface area contributed by atoms with Gasteiger partial charge in [0.25, 0.3) is 0 Å². The van der Waals surface area contributed by atoms with E-state index in [1.807, 2.05) is 18.0 Å². The summed E-state index contributed by atoms with van der Waals surface area (Å²) < 4.78 is 10.3. The highest BCUT2D eigenvalue weighted by Crippen LogP contribution is 2.25. The molecule has 0 N–H and O–H groups in total. The maximum absolute atomic E-state index is 5.27. The summed E-state index contributed by atoms with van der Waals surface area (Å²) >= 11 is 0. The summed E-state index contributed by atoms with van der Waals surface area (Å²) in [5, 5.41) is 12.6. The van der Waals surface area contributed by atoms with E-state index in [-0.39, 0.29) is 5.41 Å². The smallest absolute Gasteiger partial charge is 0.324 e. The predicted molar refractivity (Wildman–Crippen MR) is 90.1 cm³/mol. The van der Waals surface area contributed by atoms with Gasteiger partial charge in [-0.15, -0.1) is 5.10 Å². The van der Waals surface area contributed by atoms with E-state index in [1.165, 1.54) is 0 Å². The summed E-state index contributed by atoms with van der Waals surface area (Å²) in [6.45, 7) is 8.45. The molecular formula is C16H24N6O2. The Hall–Kier alpha value is -2.22. The SMILES string of the molecule is COCc1noc(N(C)C2CN(c3ccc(C(C)(C)C)nn3)C2)n1. The van der Waals surface area contributed by atoms with Crippen molar-refractivity contribution in [3.63, 3.8) is 0 Å². The van der Waals surface area contributed by atoms with Gasteiger partial charge >= 0.3 is 6.01 Å². The van der Waals surface area contributed by atoms with Gasteiger partial charge in [0, 0.05) is 32.7 Å². The first-order chi connectivity index (χ1) is 11.4. The molecule has 8 nitrogen and oxygen atoms in total. The van der Waals surface area contributed by atoms with Crippen molar-refractivity contribution in [1.82, 2.24) is 20.3 Å². The molecule has 8 heteroatoms. The lowest BCUT2D eigenvalue weighted by molar-refractivity contribution is 0.174. The molecule has 3 heterocycles. The minimum absolute atomic E-state index is 0.0150. The van der Waals surface area contributed by atoms with Gasteiger partial charge in [-0.3, -0.25) is 0 Å². The van der Waals surface area contributed by atoms with Crippen molar-refractivity contribution < 1.29 is 9.26 Å². The van der Waals surface area contributed by atoms with Crippen molar-refractivity contribution in [2.24, 2.45) is 0 Å². The maximum atomic E-state index is 5.27. The van der Waals surface area contributed by atoms with Crippen molar-refractivity contribution in [3.8, 4) is 0 Å². The standard InChI is InChI=1S/C16H24N6O2/c1-16(2,3)12-6-7-14(19-18-12)22-8-11(9-22)21(4)15-17-13(10-23-5)20-24-15/h6-7,11H,8-10H2,1-5H3. The van der Waals surface area contributed by atoms with E-state index in [0.29, 0.717) is 24.5 Å². The number of nitrogens with zero attached hydrogens (tertiary/aromatic N) is 6. The van der Waals surface area contributed by atoms with Gasteiger partial charge in [-0.05, 0) is 12.1 Å². The zero-order valence-corrected chi connectivity index (χ0v) is 14.9. The Morgan fingerprint density at radius 2 is 2.04 bits per heavy atom. The number of hydrogen-bond donors (Lipinski definition) is 0. The molecule has 3 rings (SSSR count). The van der Waals surface area contributed by atoms with E-state index < -0.39 is 0 Å². The summed E-state index contributed by atoms with van der Waals surface area (Å²) in [5.74, 6) is 1.46. The molecule has 1 saturated heterocycles. The first-order valence-corrected chi connectivity index (χ1v) is 8.02. The van der Waals surface area contributed by atoms with Gasteiger partial charge in [0.2, 0.25) is 0 Å². The summed E-state index contributed by atoms with van der Waals surface area (Å²) in [6, 6.07) is 4.91. The largest absolute Gasteiger partial charge is 0.377 e. The molecule has 0 spiro atoms. The third-order valence-electron chi connectivity index (χ3n) is 4.19. The minimum atomic E-state index is 0.0150. The lowest BCUT2D eigenvalue weighted by Crippen LogP contribution is -2.59. The lowest BCUT2D eigenvalue weighted by Gasteiger charge is -2.43. The Bertz CT molecular complexity index is 673. The van der Waals surface area contributed by atoms with Gasteiger partial charge in [-0.2, -0.15) is 10.1 Å². The van der Waals surface area contributed by atoms with Crippen LogP contribution in [0.2, 0.25) is 0 Å². The molecule has 0 unspecified atom stereocenters. The van der Waals surface area contributed by atoms with E-state index in [1.54, 1.807) is 7.11 Å². The molecule has 2 aromatic heterocycles. The Morgan fingerprint density at radius 3 is 2.62 bits per heavy atom. The molecule has 0 atom stereocenters. The third-order valence-corrected chi connectivity index (χ3v) is 4.19. The fourth-order valence-corrected chi connectivity index (χ4v) is 2.51. The predicted octanol–water partition coefficient (Wildman–Crippen LogP) is 1.63. The summed E-state index contributed by atoms with van der Waals surface area (Å²) in [4.78, 5) is 8.50. The molecule has 1 aliphatic rings. The number of hydrogen-bond acceptors (Lipinski definition) is 8. The minimum Gasteiger partial charge on any atom is -0.377 e. The zero-order valence-electron chi connectivity index (χ0n) is 14.9. The Morgan fingerprint density at radius 1 is 1.29 bits per heavy atom. The van der Waals surface area contributed by atoms with Crippen LogP contribution in [0.25, 0.3) is 0 Å². The average Bonchev–Trinajstić information content (AvgIpc) is 2.94. The quantitative estimate of drug-likeness (QED) is 0.817. The molecule has 0 amide bonds. The highest BCUT2D eigenvalue weighted by Gasteiger charge is 2.33. The van der Waals surface area contributed by atoms with Crippen molar-refractivity contribution >= 4 is 11.8 Å². The first kappa shape index (κ1) is 16.6. The molecule has 0 saturated carbocycles. The summed E-state index contributed by atoms with van der Waals surface area (Å²) in [5.41, 5.74) is 1.01. The first-order valence-electron chi connectivity index (χ1n) is 8.02. The van der Waals surface area contributed by atoms with Gasteiger partial charge in [0.05, 0.1) is 11.7 Å². The van der Waals surface area contributed by atoms with Crippen LogP contribution in [0.3, 0.4) is 0 Å². The average molecular weight is 332 g/mol. The monoisotopic (exact) mass is 332 g/mol. The van der Waals surface area contributed by atoms with Crippen molar-refractivity contribution in [3.05, 3.63) is 23.7 Å². The van der Waals surface area contributed by atoms with Crippen LogP contribution in [0.15, 0.2) is 16.7 Å². The van der Waals surface area contributed by atoms with Crippen LogP contribution in [-0.4, -0.2) is 53.6 Å². The second-order valence-electron chi connectivity index (χ2n) is 7.12. The van der Waals surface area contributed by atoms with Crippen LogP contribution in [0, 0.1) is 0 Å². The van der Waals surface area contributed by atoms with Gasteiger partial charge in [-0.1, -0.05) is 25.9 Å². The van der Waals surface area contributed by atoms with E-state index in [0.717, 1.165) is 24.6 Å². The molecule has 0 aromatic carbocycles. The molecule has 2 aromatic rings. The number of likely N-dealkylation sites (N-methyl/N-ethyl adjacent to an activating group) is 1. The van der Waals surface area contributed by atoms with Crippen molar-refractivity contribution in [1.29, 1.82) is 0 Å². The molecule has 1 aliphatic heterocycles. The van der Waals surface area contributed by atoms with Gasteiger partial charge in [0.1, 0.15) is 6.61 Å². The summed E-state index contributed by atoms with van der Waals surface area (Å²) in [7, 11) is 3.57. The van der Waals surface area contributed by atoms with Gasteiger partial charge < -0.3 is 19.1 Å². The third kappa shape index (κ3) is 3.33. The fraction of sp³-hybridized carbons (Fsp3) is 0.625. The van der Waals surface area contributed by atoms with Crippen molar-refractivity contribution in [2.75, 3.05) is 37.0 Å². The highest BCUT2D eigenvalue weighted by atomic mass is 16.5. The van der Waals surface area contributed by atoms with E-state index in [9.17, 15) is 0 Å². The maximum Gasteiger partial charge on any atom is 0.324 e. The van der Waals surface area contributed by atoms with Crippen LogP contribution in [-0.2, 0) is 16.8 Å². The number of rotatable bonds is 5. The molecule has 0 radical (unpaired) electrons. The van der Waals surface area contributed by atoms with E-state index in [4.69, 9.17) is 9.26 Å². The van der Waals surface area contributed by atoms with Crippen LogP contribution >= 0.6 is 0 Å². The van der Waals surface area contributed by atoms with E-state index >= 15 is 0 Å². The number of methoxy groups -OCH3 is 1. The van der Waals surface area contributed by atoms with Crippen LogP contribution in [0.4, 0.5) is 11.8 Å². The van der Waals surface area contributed by atoms with Crippen LogP contribution < -0.4 is 9.80 Å². The number of anilines is 2. The molecule has 1 fully saturated rings. The normalized spacial score (nSPS) is 15.5. The van der Waals surface area contributed by atoms with Crippen LogP contribution in [0.1, 0.15) is 32.3 Å². The lowest BCUT2D eigenvalue weighted by atomic mass is 9.92. The Kier molecular flexibility index (Phi) is 4.40.